The predicted octanol–water partition coefficient (Wildman–Crippen LogP) is 2.56. The van der Waals surface area contributed by atoms with Gasteiger partial charge in [0.2, 0.25) is 0 Å². The van der Waals surface area contributed by atoms with Gasteiger partial charge in [0.25, 0.3) is 5.91 Å². The molecule has 9 nitrogen and oxygen atoms in total. The van der Waals surface area contributed by atoms with E-state index < -0.39 is 5.91 Å². The summed E-state index contributed by atoms with van der Waals surface area (Å²) in [5.41, 5.74) is 13.2. The molecule has 0 fully saturated rings. The number of hydrogen-bond acceptors (Lipinski definition) is 8. The standard InChI is InChI=1S/C21H31BrClN7O2/c1-21(2,3)13-9-12(16(31)14(22)10-13)11-27-6-4-5-26-7-8-28-20(32)15-18(24)30-19(25)17(23)29-15/h9-10,26-27,31H,4-8,11H2,1-3H3,(H,28,32)(H4,24,25,30). The lowest BCUT2D eigenvalue weighted by atomic mass is 9.86. The molecule has 1 aromatic carbocycles. The van der Waals surface area contributed by atoms with Crippen LogP contribution in [0.25, 0.3) is 0 Å². The molecule has 0 aliphatic rings. The van der Waals surface area contributed by atoms with Gasteiger partial charge in [0, 0.05) is 25.2 Å². The SMILES string of the molecule is CC(C)(C)c1cc(Br)c(O)c(CNCCCNCCNC(=O)c2nc(Cl)c(N)nc2N)c1. The molecule has 0 aliphatic heterocycles. The average molecular weight is 529 g/mol. The molecule has 1 aromatic heterocycles. The van der Waals surface area contributed by atoms with E-state index in [4.69, 9.17) is 23.1 Å². The van der Waals surface area contributed by atoms with Crippen molar-refractivity contribution >= 4 is 45.1 Å². The third-order valence-electron chi connectivity index (χ3n) is 4.74. The van der Waals surface area contributed by atoms with E-state index in [1.54, 1.807) is 0 Å². The zero-order valence-electron chi connectivity index (χ0n) is 18.6. The molecule has 0 radical (unpaired) electrons. The summed E-state index contributed by atoms with van der Waals surface area (Å²) in [5, 5.41) is 19.6. The highest BCUT2D eigenvalue weighted by Crippen LogP contribution is 2.34. The molecule has 1 amide bonds. The molecule has 0 unspecified atom stereocenters. The number of anilines is 2. The fourth-order valence-electron chi connectivity index (χ4n) is 2.87. The molecule has 1 heterocycles. The minimum Gasteiger partial charge on any atom is -0.506 e. The fourth-order valence-corrected chi connectivity index (χ4v) is 3.50. The van der Waals surface area contributed by atoms with Gasteiger partial charge < -0.3 is 32.5 Å². The van der Waals surface area contributed by atoms with Crippen molar-refractivity contribution in [3.63, 3.8) is 0 Å². The molecule has 0 aliphatic carbocycles. The zero-order chi connectivity index (χ0) is 23.9. The summed E-state index contributed by atoms with van der Waals surface area (Å²) in [6.45, 7) is 9.55. The monoisotopic (exact) mass is 527 g/mol. The van der Waals surface area contributed by atoms with Crippen LogP contribution < -0.4 is 27.4 Å². The second kappa shape index (κ2) is 11.6. The Kier molecular flexibility index (Phi) is 9.50. The Morgan fingerprint density at radius 2 is 1.78 bits per heavy atom. The predicted molar refractivity (Wildman–Crippen MR) is 132 cm³/mol. The van der Waals surface area contributed by atoms with Crippen molar-refractivity contribution < 1.29 is 9.90 Å². The lowest BCUT2D eigenvalue weighted by molar-refractivity contribution is 0.0949. The number of aromatic nitrogens is 2. The minimum atomic E-state index is -0.455. The van der Waals surface area contributed by atoms with Crippen LogP contribution in [0.1, 0.15) is 48.8 Å². The first-order chi connectivity index (χ1) is 15.0. The number of phenolic OH excluding ortho intramolecular Hbond substituents is 1. The van der Waals surface area contributed by atoms with Gasteiger partial charge in [-0.25, -0.2) is 9.97 Å². The quantitative estimate of drug-likeness (QED) is 0.257. The highest BCUT2D eigenvalue weighted by molar-refractivity contribution is 9.10. The van der Waals surface area contributed by atoms with Crippen LogP contribution in [0.4, 0.5) is 11.6 Å². The normalized spacial score (nSPS) is 11.5. The van der Waals surface area contributed by atoms with E-state index in [9.17, 15) is 9.90 Å². The maximum atomic E-state index is 12.1. The summed E-state index contributed by atoms with van der Waals surface area (Å²) in [6.07, 6.45) is 0.890. The number of nitrogen functional groups attached to an aromatic ring is 2. The third kappa shape index (κ3) is 7.47. The number of carbonyl (C=O) groups excluding carboxylic acids is 1. The van der Waals surface area contributed by atoms with Crippen molar-refractivity contribution in [2.24, 2.45) is 0 Å². The molecule has 0 spiro atoms. The van der Waals surface area contributed by atoms with Crippen molar-refractivity contribution in [2.45, 2.75) is 39.2 Å². The number of benzene rings is 1. The van der Waals surface area contributed by atoms with Crippen LogP contribution >= 0.6 is 27.5 Å². The molecule has 0 bridgehead atoms. The number of phenols is 1. The number of nitrogens with one attached hydrogen (secondary N) is 3. The number of rotatable bonds is 10. The molecular formula is C21H31BrClN7O2. The minimum absolute atomic E-state index is 0.00271. The average Bonchev–Trinajstić information content (AvgIpc) is 2.71. The van der Waals surface area contributed by atoms with Crippen LogP contribution in [0.3, 0.4) is 0 Å². The van der Waals surface area contributed by atoms with E-state index in [1.807, 2.05) is 12.1 Å². The molecule has 176 valence electrons. The van der Waals surface area contributed by atoms with Gasteiger partial charge in [-0.3, -0.25) is 4.79 Å². The van der Waals surface area contributed by atoms with Crippen LogP contribution in [0.5, 0.6) is 5.75 Å². The molecular weight excluding hydrogens is 498 g/mol. The van der Waals surface area contributed by atoms with Gasteiger partial charge in [-0.05, 0) is 52.5 Å². The maximum absolute atomic E-state index is 12.1. The summed E-state index contributed by atoms with van der Waals surface area (Å²) in [5.74, 6) is -0.258. The van der Waals surface area contributed by atoms with E-state index in [1.165, 1.54) is 0 Å². The topological polar surface area (TPSA) is 151 Å². The van der Waals surface area contributed by atoms with Crippen LogP contribution in [-0.2, 0) is 12.0 Å². The molecule has 0 atom stereocenters. The Balaban J connectivity index is 1.65. The Hall–Kier alpha value is -2.14. The van der Waals surface area contributed by atoms with Crippen molar-refractivity contribution in [3.8, 4) is 5.75 Å². The van der Waals surface area contributed by atoms with Crippen molar-refractivity contribution in [3.05, 3.63) is 38.6 Å². The summed E-state index contributed by atoms with van der Waals surface area (Å²) < 4.78 is 0.708. The lowest BCUT2D eigenvalue weighted by Gasteiger charge is -2.21. The summed E-state index contributed by atoms with van der Waals surface area (Å²) in [4.78, 5) is 19.8. The van der Waals surface area contributed by atoms with Gasteiger partial charge in [-0.2, -0.15) is 0 Å². The van der Waals surface area contributed by atoms with Crippen molar-refractivity contribution in [1.29, 1.82) is 0 Å². The molecule has 0 saturated carbocycles. The number of aromatic hydroxyl groups is 1. The van der Waals surface area contributed by atoms with Crippen LogP contribution in [-0.4, -0.2) is 47.2 Å². The van der Waals surface area contributed by atoms with Crippen molar-refractivity contribution in [1.82, 2.24) is 25.9 Å². The summed E-state index contributed by atoms with van der Waals surface area (Å²) in [6, 6.07) is 4.00. The van der Waals surface area contributed by atoms with Crippen LogP contribution in [0, 0.1) is 0 Å². The van der Waals surface area contributed by atoms with E-state index >= 15 is 0 Å². The van der Waals surface area contributed by atoms with Gasteiger partial charge >= 0.3 is 0 Å². The van der Waals surface area contributed by atoms with Crippen LogP contribution in [0.15, 0.2) is 16.6 Å². The van der Waals surface area contributed by atoms with Gasteiger partial charge in [0.05, 0.1) is 4.47 Å². The molecule has 2 aromatic rings. The second-order valence-electron chi connectivity index (χ2n) is 8.39. The molecule has 32 heavy (non-hydrogen) atoms. The Bertz CT molecular complexity index is 951. The molecule has 11 heteroatoms. The number of nitrogens with zero attached hydrogens (tertiary/aromatic N) is 2. The number of nitrogens with two attached hydrogens (primary N) is 2. The smallest absolute Gasteiger partial charge is 0.273 e. The zero-order valence-corrected chi connectivity index (χ0v) is 20.9. The van der Waals surface area contributed by atoms with E-state index in [-0.39, 0.29) is 33.6 Å². The highest BCUT2D eigenvalue weighted by atomic mass is 79.9. The fraction of sp³-hybridized carbons (Fsp3) is 0.476. The maximum Gasteiger partial charge on any atom is 0.273 e. The largest absolute Gasteiger partial charge is 0.506 e. The van der Waals surface area contributed by atoms with Gasteiger partial charge in [-0.1, -0.05) is 38.4 Å². The first kappa shape index (κ1) is 26.1. The number of amides is 1. The van der Waals surface area contributed by atoms with E-state index in [2.05, 4.69) is 62.6 Å². The molecule has 2 rings (SSSR count). The Labute approximate surface area is 201 Å². The lowest BCUT2D eigenvalue weighted by Crippen LogP contribution is -2.33. The molecule has 0 saturated heterocycles. The van der Waals surface area contributed by atoms with Gasteiger partial charge in [0.15, 0.2) is 22.5 Å². The van der Waals surface area contributed by atoms with E-state index in [0.717, 1.165) is 30.6 Å². The Morgan fingerprint density at radius 3 is 2.47 bits per heavy atom. The van der Waals surface area contributed by atoms with Crippen LogP contribution in [0.2, 0.25) is 5.15 Å². The second-order valence-corrected chi connectivity index (χ2v) is 9.60. The first-order valence-corrected chi connectivity index (χ1v) is 11.5. The first-order valence-electron chi connectivity index (χ1n) is 10.3. The summed E-state index contributed by atoms with van der Waals surface area (Å²) >= 11 is 9.23. The number of carbonyl (C=O) groups is 1. The van der Waals surface area contributed by atoms with E-state index in [0.29, 0.717) is 24.1 Å². The summed E-state index contributed by atoms with van der Waals surface area (Å²) in [7, 11) is 0. The third-order valence-corrected chi connectivity index (χ3v) is 5.62. The molecule has 8 N–H and O–H groups in total. The Morgan fingerprint density at radius 1 is 1.09 bits per heavy atom. The highest BCUT2D eigenvalue weighted by Gasteiger charge is 2.18. The number of hydrogen-bond donors (Lipinski definition) is 6. The van der Waals surface area contributed by atoms with Crippen molar-refractivity contribution in [2.75, 3.05) is 37.6 Å². The van der Waals surface area contributed by atoms with Gasteiger partial charge in [-0.15, -0.1) is 0 Å². The van der Waals surface area contributed by atoms with Gasteiger partial charge in [0.1, 0.15) is 5.75 Å². The number of halogens is 2.